The number of carbonyl (C=O) groups excluding carboxylic acids is 1. The summed E-state index contributed by atoms with van der Waals surface area (Å²) in [6, 6.07) is 0. The molecular formula is C17H35N3O. The minimum atomic E-state index is 0.0509. The molecule has 0 unspecified atom stereocenters. The molecule has 0 bridgehead atoms. The first-order valence-electron chi connectivity index (χ1n) is 8.86. The molecule has 4 heteroatoms. The number of hydrogen-bond acceptors (Lipinski definition) is 3. The van der Waals surface area contributed by atoms with Crippen LogP contribution in [0.3, 0.4) is 0 Å². The summed E-state index contributed by atoms with van der Waals surface area (Å²) in [6.07, 6.45) is 8.49. The Morgan fingerprint density at radius 2 is 1.62 bits per heavy atom. The number of carbonyl (C=O) groups is 1. The lowest BCUT2D eigenvalue weighted by molar-refractivity contribution is -0.134. The number of nitrogens with zero attached hydrogens (tertiary/aromatic N) is 2. The molecule has 0 aromatic heterocycles. The highest BCUT2D eigenvalue weighted by molar-refractivity contribution is 5.78. The van der Waals surface area contributed by atoms with E-state index in [0.717, 1.165) is 38.9 Å². The molecule has 4 nitrogen and oxygen atoms in total. The van der Waals surface area contributed by atoms with Gasteiger partial charge in [0.1, 0.15) is 0 Å². The Hall–Kier alpha value is -0.610. The van der Waals surface area contributed by atoms with Gasteiger partial charge in [0.25, 0.3) is 0 Å². The zero-order valence-corrected chi connectivity index (χ0v) is 14.4. The smallest absolute Gasteiger partial charge is 0.236 e. The van der Waals surface area contributed by atoms with Crippen molar-refractivity contribution in [2.45, 2.75) is 71.3 Å². The zero-order valence-electron chi connectivity index (χ0n) is 14.4. The van der Waals surface area contributed by atoms with Gasteiger partial charge in [-0.05, 0) is 39.7 Å². The minimum absolute atomic E-state index is 0.0509. The fourth-order valence-corrected chi connectivity index (χ4v) is 3.63. The maximum atomic E-state index is 12.5. The van der Waals surface area contributed by atoms with Gasteiger partial charge in [0.15, 0.2) is 0 Å². The Kier molecular flexibility index (Phi) is 8.27. The second-order valence-electron chi connectivity index (χ2n) is 6.33. The standard InChI is InChI=1S/C17H35N3O/c1-4-13-20(14-16(21)19(5-2)6-3)17(15-18)11-9-7-8-10-12-17/h4-15,18H2,1-3H3. The molecule has 0 spiro atoms. The van der Waals surface area contributed by atoms with Gasteiger partial charge in [-0.3, -0.25) is 9.69 Å². The van der Waals surface area contributed by atoms with E-state index in [9.17, 15) is 4.79 Å². The molecule has 124 valence electrons. The van der Waals surface area contributed by atoms with Gasteiger partial charge in [0.2, 0.25) is 5.91 Å². The van der Waals surface area contributed by atoms with E-state index in [1.165, 1.54) is 25.7 Å². The Balaban J connectivity index is 2.83. The third-order valence-electron chi connectivity index (χ3n) is 5.02. The summed E-state index contributed by atoms with van der Waals surface area (Å²) in [6.45, 7) is 10.1. The Labute approximate surface area is 131 Å². The quantitative estimate of drug-likeness (QED) is 0.701. The topological polar surface area (TPSA) is 49.6 Å². The van der Waals surface area contributed by atoms with Gasteiger partial charge in [-0.1, -0.05) is 32.6 Å². The van der Waals surface area contributed by atoms with Gasteiger partial charge in [-0.15, -0.1) is 0 Å². The van der Waals surface area contributed by atoms with E-state index in [2.05, 4.69) is 25.7 Å². The van der Waals surface area contributed by atoms with Crippen molar-refractivity contribution in [1.82, 2.24) is 9.80 Å². The fourth-order valence-electron chi connectivity index (χ4n) is 3.63. The van der Waals surface area contributed by atoms with Gasteiger partial charge in [-0.2, -0.15) is 0 Å². The summed E-state index contributed by atoms with van der Waals surface area (Å²) in [4.78, 5) is 16.9. The zero-order chi connectivity index (χ0) is 15.7. The predicted octanol–water partition coefficient (Wildman–Crippen LogP) is 2.62. The monoisotopic (exact) mass is 297 g/mol. The van der Waals surface area contributed by atoms with E-state index in [1.807, 2.05) is 4.90 Å². The van der Waals surface area contributed by atoms with Crippen LogP contribution in [0.25, 0.3) is 0 Å². The Morgan fingerprint density at radius 1 is 1.05 bits per heavy atom. The molecular weight excluding hydrogens is 262 g/mol. The predicted molar refractivity (Wildman–Crippen MR) is 89.3 cm³/mol. The molecule has 0 aromatic carbocycles. The third kappa shape index (κ3) is 4.96. The van der Waals surface area contributed by atoms with Crippen molar-refractivity contribution >= 4 is 5.91 Å². The van der Waals surface area contributed by atoms with Crippen LogP contribution < -0.4 is 5.73 Å². The van der Waals surface area contributed by atoms with Crippen LogP contribution in [0.2, 0.25) is 0 Å². The lowest BCUT2D eigenvalue weighted by Crippen LogP contribution is -2.57. The number of hydrogen-bond donors (Lipinski definition) is 1. The molecule has 1 amide bonds. The number of likely N-dealkylation sites (N-methyl/N-ethyl adjacent to an activating group) is 1. The van der Waals surface area contributed by atoms with Crippen LogP contribution in [0.4, 0.5) is 0 Å². The summed E-state index contributed by atoms with van der Waals surface area (Å²) in [5, 5.41) is 0. The first-order chi connectivity index (χ1) is 10.1. The molecule has 1 aliphatic rings. The molecule has 1 saturated carbocycles. The molecule has 2 N–H and O–H groups in total. The molecule has 0 aromatic rings. The van der Waals surface area contributed by atoms with Gasteiger partial charge >= 0.3 is 0 Å². The van der Waals surface area contributed by atoms with E-state index < -0.39 is 0 Å². The van der Waals surface area contributed by atoms with Crippen molar-refractivity contribution in [2.24, 2.45) is 5.73 Å². The number of nitrogens with two attached hydrogens (primary N) is 1. The van der Waals surface area contributed by atoms with Gasteiger partial charge in [0, 0.05) is 25.2 Å². The largest absolute Gasteiger partial charge is 0.342 e. The summed E-state index contributed by atoms with van der Waals surface area (Å²) in [7, 11) is 0. The normalized spacial score (nSPS) is 18.5. The van der Waals surface area contributed by atoms with Crippen LogP contribution in [0.15, 0.2) is 0 Å². The molecule has 0 heterocycles. The molecule has 0 radical (unpaired) electrons. The van der Waals surface area contributed by atoms with Crippen LogP contribution >= 0.6 is 0 Å². The van der Waals surface area contributed by atoms with Crippen molar-refractivity contribution in [3.8, 4) is 0 Å². The molecule has 0 aliphatic heterocycles. The van der Waals surface area contributed by atoms with Crippen LogP contribution in [-0.2, 0) is 4.79 Å². The highest BCUT2D eigenvalue weighted by atomic mass is 16.2. The second kappa shape index (κ2) is 9.42. The average Bonchev–Trinajstić information content (AvgIpc) is 2.74. The van der Waals surface area contributed by atoms with E-state index >= 15 is 0 Å². The fraction of sp³-hybridized carbons (Fsp3) is 0.941. The SMILES string of the molecule is CCCN(CC(=O)N(CC)CC)C1(CN)CCCCCC1. The van der Waals surface area contributed by atoms with Crippen molar-refractivity contribution in [3.63, 3.8) is 0 Å². The van der Waals surface area contributed by atoms with Crippen LogP contribution in [-0.4, -0.2) is 54.0 Å². The van der Waals surface area contributed by atoms with Crippen molar-refractivity contribution in [2.75, 3.05) is 32.7 Å². The number of rotatable bonds is 8. The summed E-state index contributed by atoms with van der Waals surface area (Å²) in [5.41, 5.74) is 6.24. The highest BCUT2D eigenvalue weighted by Gasteiger charge is 2.36. The summed E-state index contributed by atoms with van der Waals surface area (Å²) in [5.74, 6) is 0.255. The van der Waals surface area contributed by atoms with Gasteiger partial charge in [-0.25, -0.2) is 0 Å². The van der Waals surface area contributed by atoms with Gasteiger partial charge in [0.05, 0.1) is 6.54 Å². The van der Waals surface area contributed by atoms with E-state index in [0.29, 0.717) is 13.1 Å². The lowest BCUT2D eigenvalue weighted by Gasteiger charge is -2.43. The van der Waals surface area contributed by atoms with E-state index in [1.54, 1.807) is 0 Å². The van der Waals surface area contributed by atoms with Crippen LogP contribution in [0.1, 0.15) is 65.7 Å². The molecule has 1 rings (SSSR count). The van der Waals surface area contributed by atoms with Crippen molar-refractivity contribution in [3.05, 3.63) is 0 Å². The Morgan fingerprint density at radius 3 is 2.05 bits per heavy atom. The first-order valence-corrected chi connectivity index (χ1v) is 8.86. The summed E-state index contributed by atoms with van der Waals surface area (Å²) < 4.78 is 0. The first kappa shape index (κ1) is 18.4. The third-order valence-corrected chi connectivity index (χ3v) is 5.02. The van der Waals surface area contributed by atoms with E-state index in [4.69, 9.17) is 5.73 Å². The van der Waals surface area contributed by atoms with Crippen molar-refractivity contribution < 1.29 is 4.79 Å². The summed E-state index contributed by atoms with van der Waals surface area (Å²) >= 11 is 0. The van der Waals surface area contributed by atoms with Crippen molar-refractivity contribution in [1.29, 1.82) is 0 Å². The molecule has 1 fully saturated rings. The second-order valence-corrected chi connectivity index (χ2v) is 6.33. The number of amides is 1. The van der Waals surface area contributed by atoms with Gasteiger partial charge < -0.3 is 10.6 Å². The molecule has 1 aliphatic carbocycles. The molecule has 0 atom stereocenters. The molecule has 21 heavy (non-hydrogen) atoms. The van der Waals surface area contributed by atoms with Crippen LogP contribution in [0, 0.1) is 0 Å². The molecule has 0 saturated heterocycles. The Bertz CT molecular complexity index is 294. The van der Waals surface area contributed by atoms with E-state index in [-0.39, 0.29) is 11.4 Å². The maximum Gasteiger partial charge on any atom is 0.236 e. The maximum absolute atomic E-state index is 12.5. The van der Waals surface area contributed by atoms with Crippen LogP contribution in [0.5, 0.6) is 0 Å². The average molecular weight is 297 g/mol. The minimum Gasteiger partial charge on any atom is -0.342 e. The highest BCUT2D eigenvalue weighted by Crippen LogP contribution is 2.32. The lowest BCUT2D eigenvalue weighted by atomic mass is 9.87.